The zero-order valence-electron chi connectivity index (χ0n) is 10.9. The molecule has 0 radical (unpaired) electrons. The van der Waals surface area contributed by atoms with Crippen molar-refractivity contribution in [3.8, 4) is 0 Å². The van der Waals surface area contributed by atoms with Crippen molar-refractivity contribution < 1.29 is 4.79 Å². The van der Waals surface area contributed by atoms with Crippen molar-refractivity contribution in [2.24, 2.45) is 0 Å². The van der Waals surface area contributed by atoms with Crippen LogP contribution in [0.5, 0.6) is 0 Å². The normalized spacial score (nSPS) is 10.2. The lowest BCUT2D eigenvalue weighted by Gasteiger charge is -2.05. The fourth-order valence-electron chi connectivity index (χ4n) is 1.66. The average molecular weight is 276 g/mol. The molecule has 2 rings (SSSR count). The molecule has 6 heteroatoms. The van der Waals surface area contributed by atoms with Crippen LogP contribution in [-0.4, -0.2) is 17.9 Å². The van der Waals surface area contributed by atoms with E-state index in [4.69, 9.17) is 5.73 Å². The summed E-state index contributed by atoms with van der Waals surface area (Å²) in [7, 11) is 1.74. The van der Waals surface area contributed by atoms with Gasteiger partial charge in [-0.2, -0.15) is 0 Å². The van der Waals surface area contributed by atoms with Crippen LogP contribution in [0.1, 0.15) is 22.2 Å². The molecule has 1 heterocycles. The summed E-state index contributed by atoms with van der Waals surface area (Å²) in [5.41, 5.74) is 7.67. The van der Waals surface area contributed by atoms with Gasteiger partial charge in [-0.3, -0.25) is 4.79 Å². The van der Waals surface area contributed by atoms with Gasteiger partial charge in [0.25, 0.3) is 5.91 Å². The largest absolute Gasteiger partial charge is 0.382 e. The lowest BCUT2D eigenvalue weighted by atomic mass is 10.1. The van der Waals surface area contributed by atoms with Gasteiger partial charge in [0.05, 0.1) is 0 Å². The summed E-state index contributed by atoms with van der Waals surface area (Å²) in [6.45, 7) is 2.07. The molecule has 19 heavy (non-hydrogen) atoms. The smallest absolute Gasteiger partial charge is 0.269 e. The Morgan fingerprint density at radius 2 is 2.26 bits per heavy atom. The molecule has 1 amide bonds. The first kappa shape index (κ1) is 13.4. The van der Waals surface area contributed by atoms with Crippen molar-refractivity contribution in [1.82, 2.24) is 4.98 Å². The number of carbonyl (C=O) groups excluding carboxylic acids is 1. The van der Waals surface area contributed by atoms with E-state index in [0.29, 0.717) is 10.0 Å². The molecule has 0 aliphatic heterocycles. The second-order valence-corrected chi connectivity index (χ2v) is 4.99. The van der Waals surface area contributed by atoms with Gasteiger partial charge in [0, 0.05) is 12.7 Å². The molecular weight excluding hydrogens is 260 g/mol. The third kappa shape index (κ3) is 3.03. The van der Waals surface area contributed by atoms with Gasteiger partial charge >= 0.3 is 0 Å². The molecule has 100 valence electrons. The Morgan fingerprint density at radius 1 is 1.47 bits per heavy atom. The number of nitrogens with two attached hydrogens (primary N) is 1. The van der Waals surface area contributed by atoms with Crippen LogP contribution in [0.2, 0.25) is 0 Å². The van der Waals surface area contributed by atoms with E-state index in [1.54, 1.807) is 7.05 Å². The molecule has 0 atom stereocenters. The summed E-state index contributed by atoms with van der Waals surface area (Å²) in [5, 5.41) is 6.34. The molecule has 2 aromatic rings. The van der Waals surface area contributed by atoms with Crippen LogP contribution < -0.4 is 16.4 Å². The SMILES string of the molecule is CCc1cccc(NC(=O)c2sc(NC)nc2N)c1. The second kappa shape index (κ2) is 5.71. The summed E-state index contributed by atoms with van der Waals surface area (Å²) < 4.78 is 0. The first-order chi connectivity index (χ1) is 9.13. The minimum Gasteiger partial charge on any atom is -0.382 e. The Balaban J connectivity index is 2.17. The number of nitrogen functional groups attached to an aromatic ring is 1. The highest BCUT2D eigenvalue weighted by Crippen LogP contribution is 2.25. The first-order valence-electron chi connectivity index (χ1n) is 5.98. The number of carbonyl (C=O) groups is 1. The van der Waals surface area contributed by atoms with E-state index in [2.05, 4.69) is 22.5 Å². The Kier molecular flexibility index (Phi) is 4.01. The lowest BCUT2D eigenvalue weighted by Crippen LogP contribution is -2.12. The van der Waals surface area contributed by atoms with E-state index in [1.807, 2.05) is 24.3 Å². The van der Waals surface area contributed by atoms with Crippen LogP contribution >= 0.6 is 11.3 Å². The zero-order chi connectivity index (χ0) is 13.8. The Labute approximate surface area is 115 Å². The Morgan fingerprint density at radius 3 is 2.89 bits per heavy atom. The highest BCUT2D eigenvalue weighted by Gasteiger charge is 2.15. The van der Waals surface area contributed by atoms with Gasteiger partial charge in [-0.25, -0.2) is 4.98 Å². The number of amides is 1. The highest BCUT2D eigenvalue weighted by molar-refractivity contribution is 7.18. The molecule has 0 bridgehead atoms. The van der Waals surface area contributed by atoms with Gasteiger partial charge in [0.1, 0.15) is 10.7 Å². The number of anilines is 3. The minimum atomic E-state index is -0.232. The predicted octanol–water partition coefficient (Wildman–Crippen LogP) is 2.58. The average Bonchev–Trinajstić information content (AvgIpc) is 2.80. The van der Waals surface area contributed by atoms with Crippen LogP contribution in [0.3, 0.4) is 0 Å². The number of hydrogen-bond donors (Lipinski definition) is 3. The molecule has 5 nitrogen and oxygen atoms in total. The Hall–Kier alpha value is -2.08. The number of nitrogens with one attached hydrogen (secondary N) is 2. The van der Waals surface area contributed by atoms with Crippen molar-refractivity contribution in [3.05, 3.63) is 34.7 Å². The zero-order valence-corrected chi connectivity index (χ0v) is 11.7. The Bertz CT molecular complexity index is 594. The fraction of sp³-hybridized carbons (Fsp3) is 0.231. The highest BCUT2D eigenvalue weighted by atomic mass is 32.1. The molecule has 0 saturated heterocycles. The maximum Gasteiger partial charge on any atom is 0.269 e. The maximum absolute atomic E-state index is 12.1. The second-order valence-electron chi connectivity index (χ2n) is 3.99. The third-order valence-electron chi connectivity index (χ3n) is 2.67. The third-order valence-corrected chi connectivity index (χ3v) is 3.75. The number of nitrogens with zero attached hydrogens (tertiary/aromatic N) is 1. The topological polar surface area (TPSA) is 80.0 Å². The van der Waals surface area contributed by atoms with E-state index >= 15 is 0 Å². The molecule has 1 aromatic heterocycles. The van der Waals surface area contributed by atoms with Gasteiger partial charge in [0.2, 0.25) is 0 Å². The van der Waals surface area contributed by atoms with Gasteiger partial charge in [-0.05, 0) is 24.1 Å². The maximum atomic E-state index is 12.1. The van der Waals surface area contributed by atoms with Gasteiger partial charge < -0.3 is 16.4 Å². The molecule has 0 aliphatic rings. The van der Waals surface area contributed by atoms with Crippen molar-refractivity contribution >= 4 is 33.9 Å². The molecule has 0 aliphatic carbocycles. The van der Waals surface area contributed by atoms with Crippen molar-refractivity contribution in [1.29, 1.82) is 0 Å². The van der Waals surface area contributed by atoms with Crippen molar-refractivity contribution in [2.45, 2.75) is 13.3 Å². The van der Waals surface area contributed by atoms with Gasteiger partial charge in [-0.15, -0.1) is 0 Å². The molecule has 0 saturated carbocycles. The molecule has 1 aromatic carbocycles. The van der Waals surface area contributed by atoms with Crippen LogP contribution in [0, 0.1) is 0 Å². The van der Waals surface area contributed by atoms with Gasteiger partial charge in [-0.1, -0.05) is 30.4 Å². The van der Waals surface area contributed by atoms with E-state index < -0.39 is 0 Å². The molecule has 4 N–H and O–H groups in total. The lowest BCUT2D eigenvalue weighted by molar-refractivity contribution is 0.103. The summed E-state index contributed by atoms with van der Waals surface area (Å²) in [6.07, 6.45) is 0.927. The summed E-state index contributed by atoms with van der Waals surface area (Å²) in [4.78, 5) is 16.6. The van der Waals surface area contributed by atoms with Crippen LogP contribution in [0.15, 0.2) is 24.3 Å². The number of rotatable bonds is 4. The number of hydrogen-bond acceptors (Lipinski definition) is 5. The number of aromatic nitrogens is 1. The van der Waals surface area contributed by atoms with Crippen molar-refractivity contribution in [3.63, 3.8) is 0 Å². The molecule has 0 fully saturated rings. The van der Waals surface area contributed by atoms with E-state index in [1.165, 1.54) is 16.9 Å². The summed E-state index contributed by atoms with van der Waals surface area (Å²) in [5.74, 6) is 0.0169. The van der Waals surface area contributed by atoms with E-state index in [9.17, 15) is 4.79 Å². The van der Waals surface area contributed by atoms with Crippen LogP contribution in [0.4, 0.5) is 16.6 Å². The van der Waals surface area contributed by atoms with Crippen LogP contribution in [0.25, 0.3) is 0 Å². The number of aryl methyl sites for hydroxylation is 1. The van der Waals surface area contributed by atoms with E-state index in [-0.39, 0.29) is 11.7 Å². The monoisotopic (exact) mass is 276 g/mol. The fourth-order valence-corrected chi connectivity index (χ4v) is 2.39. The summed E-state index contributed by atoms with van der Waals surface area (Å²) in [6, 6.07) is 7.75. The quantitative estimate of drug-likeness (QED) is 0.802. The molecular formula is C13H16N4OS. The van der Waals surface area contributed by atoms with Crippen LogP contribution in [-0.2, 0) is 6.42 Å². The summed E-state index contributed by atoms with van der Waals surface area (Å²) >= 11 is 1.24. The predicted molar refractivity (Wildman–Crippen MR) is 79.8 cm³/mol. The minimum absolute atomic E-state index is 0.232. The molecule has 0 spiro atoms. The number of thiazole rings is 1. The molecule has 0 unspecified atom stereocenters. The standard InChI is InChI=1S/C13H16N4OS/c1-3-8-5-4-6-9(7-8)16-12(18)10-11(14)17-13(15-2)19-10/h4-7H,3,14H2,1-2H3,(H,15,17)(H,16,18). The van der Waals surface area contributed by atoms with Gasteiger partial charge in [0.15, 0.2) is 5.13 Å². The first-order valence-corrected chi connectivity index (χ1v) is 6.80. The number of benzene rings is 1. The van der Waals surface area contributed by atoms with Crippen molar-refractivity contribution in [2.75, 3.05) is 23.4 Å². The van der Waals surface area contributed by atoms with E-state index in [0.717, 1.165) is 12.1 Å².